The van der Waals surface area contributed by atoms with E-state index in [1.807, 2.05) is 0 Å². The summed E-state index contributed by atoms with van der Waals surface area (Å²) in [7, 11) is 0. The summed E-state index contributed by atoms with van der Waals surface area (Å²) in [5.41, 5.74) is 2.82. The van der Waals surface area contributed by atoms with Gasteiger partial charge in [0.05, 0.1) is 0 Å². The first kappa shape index (κ1) is 21.6. The third-order valence-electron chi connectivity index (χ3n) is 4.93. The minimum atomic E-state index is 0.471. The van der Waals surface area contributed by atoms with Crippen LogP contribution in [0.1, 0.15) is 49.7 Å². The first-order valence-corrected chi connectivity index (χ1v) is 10.6. The Balaban J connectivity index is 1.60. The van der Waals surface area contributed by atoms with E-state index in [0.717, 1.165) is 45.7 Å². The first-order chi connectivity index (χ1) is 13.4. The molecule has 3 N–H and O–H groups in total. The second-order valence-corrected chi connectivity index (χ2v) is 7.08. The van der Waals surface area contributed by atoms with Crippen molar-refractivity contribution in [1.82, 2.24) is 16.0 Å². The predicted octanol–water partition coefficient (Wildman–Crippen LogP) is 4.17. The summed E-state index contributed by atoms with van der Waals surface area (Å²) in [6, 6.07) is 21.8. The highest BCUT2D eigenvalue weighted by Gasteiger charge is 2.12. The molecule has 0 fully saturated rings. The van der Waals surface area contributed by atoms with Crippen molar-refractivity contribution >= 4 is 0 Å². The predicted molar refractivity (Wildman–Crippen MR) is 117 cm³/mol. The molecule has 0 heterocycles. The van der Waals surface area contributed by atoms with Crippen LogP contribution in [-0.4, -0.2) is 39.3 Å². The van der Waals surface area contributed by atoms with E-state index in [1.165, 1.54) is 30.4 Å². The van der Waals surface area contributed by atoms with Crippen LogP contribution in [-0.2, 0) is 0 Å². The van der Waals surface area contributed by atoms with Crippen LogP contribution in [0, 0.1) is 0 Å². The Morgan fingerprint density at radius 3 is 1.63 bits per heavy atom. The number of nitrogens with one attached hydrogen (secondary N) is 3. The number of hydrogen-bond donors (Lipinski definition) is 3. The summed E-state index contributed by atoms with van der Waals surface area (Å²) in [6.07, 6.45) is 4.83. The third-order valence-corrected chi connectivity index (χ3v) is 4.93. The van der Waals surface area contributed by atoms with Gasteiger partial charge in [-0.2, -0.15) is 0 Å². The molecule has 0 bridgehead atoms. The Morgan fingerprint density at radius 1 is 0.593 bits per heavy atom. The lowest BCUT2D eigenvalue weighted by atomic mass is 9.88. The van der Waals surface area contributed by atoms with Gasteiger partial charge in [0.25, 0.3) is 0 Å². The molecule has 2 aromatic rings. The molecule has 3 heteroatoms. The maximum Gasteiger partial charge on any atom is 0.0101 e. The summed E-state index contributed by atoms with van der Waals surface area (Å²) in [4.78, 5) is 0. The van der Waals surface area contributed by atoms with Crippen LogP contribution in [0.25, 0.3) is 0 Å². The van der Waals surface area contributed by atoms with Gasteiger partial charge in [-0.1, -0.05) is 67.6 Å². The Labute approximate surface area is 166 Å². The SMILES string of the molecule is CCNCCCNCCCCNCCC(c1ccccc1)c1ccccc1. The number of hydrogen-bond acceptors (Lipinski definition) is 3. The van der Waals surface area contributed by atoms with Crippen molar-refractivity contribution in [2.75, 3.05) is 39.3 Å². The standard InChI is InChI=1S/C24H37N3/c1-2-25-19-11-20-26-17-9-10-18-27-21-16-24(22-12-5-3-6-13-22)23-14-7-4-8-15-23/h3-8,12-15,24-27H,2,9-11,16-21H2,1H3. The molecule has 0 spiro atoms. The van der Waals surface area contributed by atoms with E-state index >= 15 is 0 Å². The highest BCUT2D eigenvalue weighted by molar-refractivity contribution is 5.32. The molecule has 2 aromatic carbocycles. The normalized spacial score (nSPS) is 11.2. The molecule has 2 rings (SSSR count). The van der Waals surface area contributed by atoms with Gasteiger partial charge in [0.2, 0.25) is 0 Å². The fourth-order valence-electron chi connectivity index (χ4n) is 3.41. The van der Waals surface area contributed by atoms with Gasteiger partial charge < -0.3 is 16.0 Å². The van der Waals surface area contributed by atoms with Gasteiger partial charge in [-0.25, -0.2) is 0 Å². The average Bonchev–Trinajstić information content (AvgIpc) is 2.73. The van der Waals surface area contributed by atoms with Crippen molar-refractivity contribution in [3.63, 3.8) is 0 Å². The molecule has 148 valence electrons. The molecule has 0 aliphatic rings. The fourth-order valence-corrected chi connectivity index (χ4v) is 3.41. The Bertz CT molecular complexity index is 531. The van der Waals surface area contributed by atoms with Crippen LogP contribution >= 0.6 is 0 Å². The van der Waals surface area contributed by atoms with Crippen LogP contribution in [0.5, 0.6) is 0 Å². The van der Waals surface area contributed by atoms with Gasteiger partial charge >= 0.3 is 0 Å². The molecule has 0 saturated carbocycles. The molecule has 27 heavy (non-hydrogen) atoms. The maximum absolute atomic E-state index is 3.64. The smallest absolute Gasteiger partial charge is 0.0101 e. The van der Waals surface area contributed by atoms with Gasteiger partial charge in [0.15, 0.2) is 0 Å². The molecular weight excluding hydrogens is 330 g/mol. The monoisotopic (exact) mass is 367 g/mol. The molecular formula is C24H37N3. The summed E-state index contributed by atoms with van der Waals surface area (Å²) in [5, 5.41) is 10.5. The van der Waals surface area contributed by atoms with E-state index in [4.69, 9.17) is 0 Å². The first-order valence-electron chi connectivity index (χ1n) is 10.6. The van der Waals surface area contributed by atoms with Gasteiger partial charge in [-0.3, -0.25) is 0 Å². The zero-order valence-corrected chi connectivity index (χ0v) is 16.9. The molecule has 0 aliphatic heterocycles. The summed E-state index contributed by atoms with van der Waals surface area (Å²) in [6.45, 7) is 8.76. The van der Waals surface area contributed by atoms with Crippen molar-refractivity contribution in [2.45, 2.75) is 38.5 Å². The van der Waals surface area contributed by atoms with Crippen molar-refractivity contribution in [2.24, 2.45) is 0 Å². The Morgan fingerprint density at radius 2 is 1.07 bits per heavy atom. The second kappa shape index (κ2) is 14.4. The highest BCUT2D eigenvalue weighted by Crippen LogP contribution is 2.27. The van der Waals surface area contributed by atoms with E-state index < -0.39 is 0 Å². The summed E-state index contributed by atoms with van der Waals surface area (Å²) < 4.78 is 0. The highest BCUT2D eigenvalue weighted by atomic mass is 14.9. The molecule has 0 radical (unpaired) electrons. The van der Waals surface area contributed by atoms with E-state index in [2.05, 4.69) is 83.5 Å². The van der Waals surface area contributed by atoms with Crippen LogP contribution in [0.3, 0.4) is 0 Å². The van der Waals surface area contributed by atoms with E-state index in [-0.39, 0.29) is 0 Å². The van der Waals surface area contributed by atoms with E-state index in [9.17, 15) is 0 Å². The lowest BCUT2D eigenvalue weighted by Gasteiger charge is -2.18. The molecule has 0 saturated heterocycles. The van der Waals surface area contributed by atoms with Crippen LogP contribution in [0.15, 0.2) is 60.7 Å². The number of rotatable bonds is 15. The minimum absolute atomic E-state index is 0.471. The topological polar surface area (TPSA) is 36.1 Å². The molecule has 0 atom stereocenters. The summed E-state index contributed by atoms with van der Waals surface area (Å²) >= 11 is 0. The molecule has 0 unspecified atom stereocenters. The average molecular weight is 368 g/mol. The van der Waals surface area contributed by atoms with Crippen molar-refractivity contribution in [3.05, 3.63) is 71.8 Å². The lowest BCUT2D eigenvalue weighted by molar-refractivity contribution is 0.551. The molecule has 0 aliphatic carbocycles. The van der Waals surface area contributed by atoms with Crippen LogP contribution in [0.2, 0.25) is 0 Å². The molecule has 0 amide bonds. The largest absolute Gasteiger partial charge is 0.317 e. The molecule has 3 nitrogen and oxygen atoms in total. The van der Waals surface area contributed by atoms with Crippen LogP contribution < -0.4 is 16.0 Å². The van der Waals surface area contributed by atoms with Gasteiger partial charge in [-0.15, -0.1) is 0 Å². The quantitative estimate of drug-likeness (QED) is 0.414. The van der Waals surface area contributed by atoms with E-state index in [1.54, 1.807) is 0 Å². The lowest BCUT2D eigenvalue weighted by Crippen LogP contribution is -2.24. The van der Waals surface area contributed by atoms with E-state index in [0.29, 0.717) is 5.92 Å². The van der Waals surface area contributed by atoms with Crippen LogP contribution in [0.4, 0.5) is 0 Å². The van der Waals surface area contributed by atoms with Gasteiger partial charge in [0, 0.05) is 5.92 Å². The number of unbranched alkanes of at least 4 members (excludes halogenated alkanes) is 1. The minimum Gasteiger partial charge on any atom is -0.317 e. The number of benzene rings is 2. The van der Waals surface area contributed by atoms with Crippen molar-refractivity contribution < 1.29 is 0 Å². The second-order valence-electron chi connectivity index (χ2n) is 7.08. The maximum atomic E-state index is 3.64. The van der Waals surface area contributed by atoms with Gasteiger partial charge in [0.1, 0.15) is 0 Å². The molecule has 0 aromatic heterocycles. The fraction of sp³-hybridized carbons (Fsp3) is 0.500. The van der Waals surface area contributed by atoms with Crippen molar-refractivity contribution in [3.8, 4) is 0 Å². The Hall–Kier alpha value is -1.68. The van der Waals surface area contributed by atoms with Gasteiger partial charge in [-0.05, 0) is 76.1 Å². The van der Waals surface area contributed by atoms with Crippen molar-refractivity contribution in [1.29, 1.82) is 0 Å². The Kier molecular flexibility index (Phi) is 11.5. The zero-order valence-electron chi connectivity index (χ0n) is 16.9. The third kappa shape index (κ3) is 9.18. The summed E-state index contributed by atoms with van der Waals surface area (Å²) in [5.74, 6) is 0.471. The zero-order chi connectivity index (χ0) is 19.0.